The van der Waals surface area contributed by atoms with Gasteiger partial charge in [-0.3, -0.25) is 4.79 Å². The van der Waals surface area contributed by atoms with Crippen molar-refractivity contribution in [1.29, 1.82) is 0 Å². The average molecular weight is 247 g/mol. The standard InChI is InChI=1S/C9H17N3O3S/c1-2-4-11-16(14,15)12-8-3-5-10-7(8)6-9(12)13/h7-8,10-11H,2-6H2,1H3. The molecule has 1 amide bonds. The predicted octanol–water partition coefficient (Wildman–Crippen LogP) is -0.806. The van der Waals surface area contributed by atoms with Crippen molar-refractivity contribution in [3.8, 4) is 0 Å². The Morgan fingerprint density at radius 1 is 1.56 bits per heavy atom. The molecule has 2 atom stereocenters. The molecule has 0 bridgehead atoms. The van der Waals surface area contributed by atoms with E-state index in [1.165, 1.54) is 0 Å². The lowest BCUT2D eigenvalue weighted by molar-refractivity contribution is -0.124. The fourth-order valence-electron chi connectivity index (χ4n) is 2.32. The molecule has 2 N–H and O–H groups in total. The van der Waals surface area contributed by atoms with E-state index in [1.54, 1.807) is 0 Å². The molecule has 7 heteroatoms. The molecule has 0 aromatic heterocycles. The highest BCUT2D eigenvalue weighted by Crippen LogP contribution is 2.28. The van der Waals surface area contributed by atoms with E-state index >= 15 is 0 Å². The Kier molecular flexibility index (Phi) is 3.18. The van der Waals surface area contributed by atoms with Crippen molar-refractivity contribution in [1.82, 2.24) is 14.3 Å². The Hall–Kier alpha value is -0.660. The largest absolute Gasteiger partial charge is 0.311 e. The van der Waals surface area contributed by atoms with Crippen LogP contribution in [0.25, 0.3) is 0 Å². The summed E-state index contributed by atoms with van der Waals surface area (Å²) >= 11 is 0. The molecule has 0 radical (unpaired) electrons. The summed E-state index contributed by atoms with van der Waals surface area (Å²) in [4.78, 5) is 11.7. The van der Waals surface area contributed by atoms with E-state index in [1.807, 2.05) is 6.92 Å². The van der Waals surface area contributed by atoms with Gasteiger partial charge in [-0.15, -0.1) is 0 Å². The van der Waals surface area contributed by atoms with Crippen LogP contribution in [-0.2, 0) is 15.0 Å². The topological polar surface area (TPSA) is 78.5 Å². The number of nitrogens with one attached hydrogen (secondary N) is 2. The quantitative estimate of drug-likeness (QED) is 0.681. The van der Waals surface area contributed by atoms with Gasteiger partial charge in [-0.25, -0.2) is 4.31 Å². The van der Waals surface area contributed by atoms with E-state index in [4.69, 9.17) is 0 Å². The van der Waals surface area contributed by atoms with Crippen molar-refractivity contribution in [3.05, 3.63) is 0 Å². The van der Waals surface area contributed by atoms with Crippen molar-refractivity contribution in [2.45, 2.75) is 38.3 Å². The fourth-order valence-corrected chi connectivity index (χ4v) is 3.87. The maximum Gasteiger partial charge on any atom is 0.304 e. The third-order valence-corrected chi connectivity index (χ3v) is 4.61. The minimum Gasteiger partial charge on any atom is -0.311 e. The highest BCUT2D eigenvalue weighted by molar-refractivity contribution is 7.87. The predicted molar refractivity (Wildman–Crippen MR) is 58.9 cm³/mol. The maximum absolute atomic E-state index is 11.9. The molecule has 16 heavy (non-hydrogen) atoms. The number of hydrogen-bond donors (Lipinski definition) is 2. The second-order valence-corrected chi connectivity index (χ2v) is 5.84. The van der Waals surface area contributed by atoms with Gasteiger partial charge in [0, 0.05) is 19.0 Å². The molecule has 2 aliphatic heterocycles. The van der Waals surface area contributed by atoms with Crippen molar-refractivity contribution in [3.63, 3.8) is 0 Å². The molecule has 6 nitrogen and oxygen atoms in total. The molecule has 2 aliphatic rings. The molecule has 2 unspecified atom stereocenters. The van der Waals surface area contributed by atoms with E-state index in [2.05, 4.69) is 10.0 Å². The third-order valence-electron chi connectivity index (χ3n) is 3.05. The molecule has 0 aromatic carbocycles. The summed E-state index contributed by atoms with van der Waals surface area (Å²) < 4.78 is 27.3. The van der Waals surface area contributed by atoms with E-state index in [9.17, 15) is 13.2 Å². The van der Waals surface area contributed by atoms with Crippen molar-refractivity contribution < 1.29 is 13.2 Å². The van der Waals surface area contributed by atoms with E-state index in [-0.39, 0.29) is 24.4 Å². The van der Waals surface area contributed by atoms with Crippen LogP contribution in [0.15, 0.2) is 0 Å². The Balaban J connectivity index is 2.16. The molecule has 0 spiro atoms. The van der Waals surface area contributed by atoms with Crippen molar-refractivity contribution in [2.24, 2.45) is 0 Å². The van der Waals surface area contributed by atoms with Crippen LogP contribution >= 0.6 is 0 Å². The van der Waals surface area contributed by atoms with E-state index in [0.29, 0.717) is 19.4 Å². The van der Waals surface area contributed by atoms with Gasteiger partial charge in [0.2, 0.25) is 5.91 Å². The molecular formula is C9H17N3O3S. The van der Waals surface area contributed by atoms with Crippen molar-refractivity contribution in [2.75, 3.05) is 13.1 Å². The van der Waals surface area contributed by atoms with Crippen LogP contribution in [0.3, 0.4) is 0 Å². The lowest BCUT2D eigenvalue weighted by Gasteiger charge is -2.23. The Labute approximate surface area is 95.6 Å². The monoisotopic (exact) mass is 247 g/mol. The molecular weight excluding hydrogens is 230 g/mol. The van der Waals surface area contributed by atoms with Crippen molar-refractivity contribution >= 4 is 16.1 Å². The number of carbonyl (C=O) groups excluding carboxylic acids is 1. The van der Waals surface area contributed by atoms with Crippen LogP contribution in [0.1, 0.15) is 26.2 Å². The normalized spacial score (nSPS) is 29.8. The number of carbonyl (C=O) groups is 1. The molecule has 0 saturated carbocycles. The van der Waals surface area contributed by atoms with Crippen LogP contribution < -0.4 is 10.0 Å². The average Bonchev–Trinajstić information content (AvgIpc) is 2.73. The Bertz CT molecular complexity index is 381. The Morgan fingerprint density at radius 3 is 3.00 bits per heavy atom. The van der Waals surface area contributed by atoms with Gasteiger partial charge < -0.3 is 5.32 Å². The van der Waals surface area contributed by atoms with Crippen LogP contribution in [0.5, 0.6) is 0 Å². The summed E-state index contributed by atoms with van der Waals surface area (Å²) in [6.45, 7) is 3.04. The SMILES string of the molecule is CCCNS(=O)(=O)N1C(=O)CC2NCCC21. The van der Waals surface area contributed by atoms with Gasteiger partial charge in [0.1, 0.15) is 0 Å². The smallest absolute Gasteiger partial charge is 0.304 e. The van der Waals surface area contributed by atoms with E-state index in [0.717, 1.165) is 10.8 Å². The fraction of sp³-hybridized carbons (Fsp3) is 0.889. The molecule has 2 heterocycles. The first kappa shape index (κ1) is 11.8. The summed E-state index contributed by atoms with van der Waals surface area (Å²) in [5, 5.41) is 3.15. The molecule has 0 aromatic rings. The van der Waals surface area contributed by atoms with Gasteiger partial charge in [0.25, 0.3) is 0 Å². The van der Waals surface area contributed by atoms with Gasteiger partial charge in [0.15, 0.2) is 0 Å². The number of nitrogens with zero attached hydrogens (tertiary/aromatic N) is 1. The van der Waals surface area contributed by atoms with Crippen LogP contribution in [0, 0.1) is 0 Å². The number of amides is 1. The maximum atomic E-state index is 11.9. The zero-order valence-corrected chi connectivity index (χ0v) is 10.1. The first-order valence-corrected chi connectivity index (χ1v) is 7.05. The molecule has 0 aliphatic carbocycles. The highest BCUT2D eigenvalue weighted by Gasteiger charge is 2.47. The van der Waals surface area contributed by atoms with Gasteiger partial charge >= 0.3 is 10.2 Å². The summed E-state index contributed by atoms with van der Waals surface area (Å²) in [5.74, 6) is -0.300. The number of fused-ring (bicyclic) bond motifs is 1. The summed E-state index contributed by atoms with van der Waals surface area (Å²) in [7, 11) is -3.63. The summed E-state index contributed by atoms with van der Waals surface area (Å²) in [6, 6.07) is -0.187. The highest BCUT2D eigenvalue weighted by atomic mass is 32.2. The lowest BCUT2D eigenvalue weighted by atomic mass is 10.1. The van der Waals surface area contributed by atoms with Crippen LogP contribution in [0.4, 0.5) is 0 Å². The molecule has 2 fully saturated rings. The minimum absolute atomic E-state index is 0.00528. The summed E-state index contributed by atoms with van der Waals surface area (Å²) in [6.07, 6.45) is 1.72. The zero-order chi connectivity index (χ0) is 11.8. The Morgan fingerprint density at radius 2 is 2.31 bits per heavy atom. The zero-order valence-electron chi connectivity index (χ0n) is 9.27. The molecule has 92 valence electrons. The molecule has 2 rings (SSSR count). The van der Waals surface area contributed by atoms with Gasteiger partial charge in [-0.05, 0) is 19.4 Å². The van der Waals surface area contributed by atoms with Gasteiger partial charge in [-0.1, -0.05) is 6.92 Å². The third kappa shape index (κ3) is 1.94. The number of hydrogen-bond acceptors (Lipinski definition) is 4. The first-order chi connectivity index (χ1) is 7.56. The lowest BCUT2D eigenvalue weighted by Crippen LogP contribution is -2.46. The minimum atomic E-state index is -3.63. The first-order valence-electron chi connectivity index (χ1n) is 5.61. The summed E-state index contributed by atoms with van der Waals surface area (Å²) in [5.41, 5.74) is 0. The van der Waals surface area contributed by atoms with Gasteiger partial charge in [-0.2, -0.15) is 13.1 Å². The van der Waals surface area contributed by atoms with E-state index < -0.39 is 10.2 Å². The van der Waals surface area contributed by atoms with Crippen LogP contribution in [-0.4, -0.2) is 43.8 Å². The van der Waals surface area contributed by atoms with Gasteiger partial charge in [0.05, 0.1) is 6.04 Å². The second kappa shape index (κ2) is 4.31. The second-order valence-electron chi connectivity index (χ2n) is 4.21. The molecule has 2 saturated heterocycles. The van der Waals surface area contributed by atoms with Crippen LogP contribution in [0.2, 0.25) is 0 Å². The number of rotatable bonds is 4.